The standard InChI is InChI=1S/C22H25FN2O/c1-16(14-17-6-8-19(23)9-7-17)25-13-12-22(15-25)11-10-18-4-2-3-5-20(18)21(26)24-22/h2-9,16H,10-15H2,1H3,(H,24,26)/t16-,22+/m1/s1. The van der Waals surface area contributed by atoms with E-state index in [-0.39, 0.29) is 17.3 Å². The number of nitrogens with one attached hydrogen (secondary N) is 1. The molecule has 4 heteroatoms. The molecule has 0 unspecified atom stereocenters. The molecular formula is C22H25FN2O. The van der Waals surface area contributed by atoms with Crippen LogP contribution in [0.5, 0.6) is 0 Å². The van der Waals surface area contributed by atoms with E-state index < -0.39 is 0 Å². The van der Waals surface area contributed by atoms with Gasteiger partial charge < -0.3 is 5.32 Å². The van der Waals surface area contributed by atoms with Crippen LogP contribution in [0.3, 0.4) is 0 Å². The summed E-state index contributed by atoms with van der Waals surface area (Å²) >= 11 is 0. The number of hydrogen-bond acceptors (Lipinski definition) is 2. The summed E-state index contributed by atoms with van der Waals surface area (Å²) in [6.45, 7) is 4.09. The van der Waals surface area contributed by atoms with Crippen molar-refractivity contribution in [3.63, 3.8) is 0 Å². The first-order valence-corrected chi connectivity index (χ1v) is 9.44. The summed E-state index contributed by atoms with van der Waals surface area (Å²) in [6.07, 6.45) is 3.80. The maximum absolute atomic E-state index is 13.1. The Labute approximate surface area is 154 Å². The van der Waals surface area contributed by atoms with Crippen molar-refractivity contribution in [3.8, 4) is 0 Å². The maximum Gasteiger partial charge on any atom is 0.252 e. The highest BCUT2D eigenvalue weighted by molar-refractivity contribution is 5.96. The third kappa shape index (κ3) is 3.38. The first-order valence-electron chi connectivity index (χ1n) is 9.44. The summed E-state index contributed by atoms with van der Waals surface area (Å²) in [6, 6.07) is 15.1. The second kappa shape index (κ2) is 6.84. The van der Waals surface area contributed by atoms with Gasteiger partial charge in [0.15, 0.2) is 0 Å². The molecule has 2 aliphatic rings. The van der Waals surface area contributed by atoms with Gasteiger partial charge in [-0.25, -0.2) is 4.39 Å². The fourth-order valence-corrected chi connectivity index (χ4v) is 4.38. The summed E-state index contributed by atoms with van der Waals surface area (Å²) in [4.78, 5) is 15.2. The van der Waals surface area contributed by atoms with E-state index in [1.165, 1.54) is 12.1 Å². The highest BCUT2D eigenvalue weighted by Gasteiger charge is 2.42. The molecule has 1 fully saturated rings. The zero-order chi connectivity index (χ0) is 18.1. The number of carbonyl (C=O) groups is 1. The Morgan fingerprint density at radius 1 is 1.15 bits per heavy atom. The fraction of sp³-hybridized carbons (Fsp3) is 0.409. The minimum atomic E-state index is -0.192. The predicted octanol–water partition coefficient (Wildman–Crippen LogP) is 3.58. The lowest BCUT2D eigenvalue weighted by molar-refractivity contribution is 0.0899. The van der Waals surface area contributed by atoms with E-state index in [0.717, 1.165) is 55.5 Å². The number of fused-ring (bicyclic) bond motifs is 1. The molecule has 1 N–H and O–H groups in total. The lowest BCUT2D eigenvalue weighted by Gasteiger charge is -2.31. The van der Waals surface area contributed by atoms with Gasteiger partial charge in [0.25, 0.3) is 5.91 Å². The molecule has 0 aliphatic carbocycles. The Balaban J connectivity index is 1.44. The van der Waals surface area contributed by atoms with Gasteiger partial charge in [0.2, 0.25) is 0 Å². The summed E-state index contributed by atoms with van der Waals surface area (Å²) in [5.74, 6) is -0.131. The van der Waals surface area contributed by atoms with Gasteiger partial charge in [0, 0.05) is 24.7 Å². The number of nitrogens with zero attached hydrogens (tertiary/aromatic N) is 1. The molecule has 0 aromatic heterocycles. The van der Waals surface area contributed by atoms with Gasteiger partial charge in [-0.05, 0) is 61.9 Å². The van der Waals surface area contributed by atoms with Crippen LogP contribution in [0.2, 0.25) is 0 Å². The number of halogens is 1. The number of amides is 1. The normalized spacial score (nSPS) is 24.2. The Hall–Kier alpha value is -2.20. The monoisotopic (exact) mass is 352 g/mol. The first-order chi connectivity index (χ1) is 12.5. The largest absolute Gasteiger partial charge is 0.345 e. The number of carbonyl (C=O) groups excluding carboxylic acids is 1. The zero-order valence-corrected chi connectivity index (χ0v) is 15.2. The molecule has 2 aromatic rings. The smallest absolute Gasteiger partial charge is 0.252 e. The van der Waals surface area contributed by atoms with E-state index in [9.17, 15) is 9.18 Å². The molecule has 3 nitrogen and oxygen atoms in total. The Morgan fingerprint density at radius 3 is 2.73 bits per heavy atom. The van der Waals surface area contributed by atoms with Crippen molar-refractivity contribution in [2.75, 3.05) is 13.1 Å². The number of aryl methyl sites for hydroxylation is 1. The molecule has 0 bridgehead atoms. The van der Waals surface area contributed by atoms with Crippen LogP contribution >= 0.6 is 0 Å². The molecule has 136 valence electrons. The highest BCUT2D eigenvalue weighted by Crippen LogP contribution is 2.32. The number of hydrogen-bond donors (Lipinski definition) is 1. The fourth-order valence-electron chi connectivity index (χ4n) is 4.38. The second-order valence-corrected chi connectivity index (χ2v) is 7.79. The average molecular weight is 352 g/mol. The molecule has 26 heavy (non-hydrogen) atoms. The van der Waals surface area contributed by atoms with Crippen LogP contribution in [0.25, 0.3) is 0 Å². The van der Waals surface area contributed by atoms with E-state index in [1.807, 2.05) is 30.3 Å². The highest BCUT2D eigenvalue weighted by atomic mass is 19.1. The van der Waals surface area contributed by atoms with E-state index in [4.69, 9.17) is 0 Å². The van der Waals surface area contributed by atoms with Crippen LogP contribution in [-0.2, 0) is 12.8 Å². The van der Waals surface area contributed by atoms with E-state index >= 15 is 0 Å². The van der Waals surface area contributed by atoms with Crippen LogP contribution in [0.4, 0.5) is 4.39 Å². The minimum Gasteiger partial charge on any atom is -0.345 e. The van der Waals surface area contributed by atoms with Crippen LogP contribution in [0.15, 0.2) is 48.5 Å². The molecule has 2 aromatic carbocycles. The topological polar surface area (TPSA) is 32.3 Å². The van der Waals surface area contributed by atoms with Crippen molar-refractivity contribution in [1.29, 1.82) is 0 Å². The SMILES string of the molecule is C[C@H](Cc1ccc(F)cc1)N1CC[C@@]2(CCc3ccccc3C(=O)N2)C1. The molecule has 2 atom stereocenters. The van der Waals surface area contributed by atoms with Gasteiger partial charge >= 0.3 is 0 Å². The van der Waals surface area contributed by atoms with Gasteiger partial charge in [-0.15, -0.1) is 0 Å². The van der Waals surface area contributed by atoms with Crippen LogP contribution in [0.1, 0.15) is 41.3 Å². The molecule has 0 saturated carbocycles. The van der Waals surface area contributed by atoms with E-state index in [1.54, 1.807) is 0 Å². The van der Waals surface area contributed by atoms with E-state index in [0.29, 0.717) is 6.04 Å². The van der Waals surface area contributed by atoms with E-state index in [2.05, 4.69) is 23.2 Å². The third-order valence-corrected chi connectivity index (χ3v) is 5.96. The first kappa shape index (κ1) is 17.2. The van der Waals surface area contributed by atoms with Crippen molar-refractivity contribution in [2.45, 2.75) is 44.2 Å². The summed E-state index contributed by atoms with van der Waals surface area (Å²) < 4.78 is 13.1. The lowest BCUT2D eigenvalue weighted by Crippen LogP contribution is -2.50. The Morgan fingerprint density at radius 2 is 1.92 bits per heavy atom. The molecule has 1 spiro atoms. The molecule has 1 amide bonds. The summed E-state index contributed by atoms with van der Waals surface area (Å²) in [7, 11) is 0. The Kier molecular flexibility index (Phi) is 4.53. The molecule has 2 heterocycles. The van der Waals surface area contributed by atoms with Crippen molar-refractivity contribution < 1.29 is 9.18 Å². The molecule has 2 aliphatic heterocycles. The van der Waals surface area contributed by atoms with Gasteiger partial charge in [0.1, 0.15) is 5.82 Å². The van der Waals surface area contributed by atoms with Crippen LogP contribution in [-0.4, -0.2) is 35.5 Å². The number of rotatable bonds is 3. The molecule has 1 saturated heterocycles. The van der Waals surface area contributed by atoms with Crippen molar-refractivity contribution in [3.05, 3.63) is 71.0 Å². The minimum absolute atomic E-state index is 0.0612. The van der Waals surface area contributed by atoms with Gasteiger partial charge in [-0.1, -0.05) is 30.3 Å². The van der Waals surface area contributed by atoms with Crippen LogP contribution in [0, 0.1) is 5.82 Å². The van der Waals surface area contributed by atoms with Gasteiger partial charge in [-0.2, -0.15) is 0 Å². The van der Waals surface area contributed by atoms with Crippen molar-refractivity contribution in [2.24, 2.45) is 0 Å². The zero-order valence-electron chi connectivity index (χ0n) is 15.2. The van der Waals surface area contributed by atoms with Crippen molar-refractivity contribution >= 4 is 5.91 Å². The number of likely N-dealkylation sites (tertiary alicyclic amines) is 1. The maximum atomic E-state index is 13.1. The quantitative estimate of drug-likeness (QED) is 0.916. The molecule has 4 rings (SSSR count). The van der Waals surface area contributed by atoms with Gasteiger partial charge in [-0.3, -0.25) is 9.69 Å². The summed E-state index contributed by atoms with van der Waals surface area (Å²) in [5.41, 5.74) is 2.99. The average Bonchev–Trinajstić information content (AvgIpc) is 3.00. The van der Waals surface area contributed by atoms with Gasteiger partial charge in [0.05, 0.1) is 5.54 Å². The third-order valence-electron chi connectivity index (χ3n) is 5.96. The van der Waals surface area contributed by atoms with Crippen molar-refractivity contribution in [1.82, 2.24) is 10.2 Å². The van der Waals surface area contributed by atoms with Crippen LogP contribution < -0.4 is 5.32 Å². The summed E-state index contributed by atoms with van der Waals surface area (Å²) in [5, 5.41) is 3.34. The second-order valence-electron chi connectivity index (χ2n) is 7.79. The molecular weight excluding hydrogens is 327 g/mol. The Bertz CT molecular complexity index is 804. The lowest BCUT2D eigenvalue weighted by atomic mass is 9.91. The number of benzene rings is 2. The molecule has 0 radical (unpaired) electrons. The predicted molar refractivity (Wildman–Crippen MR) is 101 cm³/mol.